The summed E-state index contributed by atoms with van der Waals surface area (Å²) < 4.78 is 10.2. The highest BCUT2D eigenvalue weighted by atomic mass is 16.7. The third kappa shape index (κ3) is 5.39. The molecule has 0 saturated carbocycles. The molecule has 1 aliphatic carbocycles. The van der Waals surface area contributed by atoms with Gasteiger partial charge in [-0.15, -0.1) is 0 Å². The van der Waals surface area contributed by atoms with Gasteiger partial charge in [0.2, 0.25) is 11.7 Å². The van der Waals surface area contributed by atoms with E-state index in [9.17, 15) is 14.4 Å². The SMILES string of the molecule is COC1(OC(C)=O)C=C(CCCC(=O)NCc2ccccc2)C=CC1=O. The van der Waals surface area contributed by atoms with E-state index >= 15 is 0 Å². The molecule has 1 unspecified atom stereocenters. The molecular weight excluding hydrogens is 334 g/mol. The fourth-order valence-electron chi connectivity index (χ4n) is 2.65. The third-order valence-corrected chi connectivity index (χ3v) is 3.97. The van der Waals surface area contributed by atoms with Gasteiger partial charge in [-0.25, -0.2) is 0 Å². The lowest BCUT2D eigenvalue weighted by atomic mass is 9.96. The van der Waals surface area contributed by atoms with Gasteiger partial charge in [0.15, 0.2) is 0 Å². The molecule has 1 aromatic carbocycles. The Hall–Kier alpha value is -2.73. The van der Waals surface area contributed by atoms with Crippen LogP contribution in [0.1, 0.15) is 31.7 Å². The Balaban J connectivity index is 1.84. The van der Waals surface area contributed by atoms with Gasteiger partial charge in [-0.1, -0.05) is 36.4 Å². The second kappa shape index (κ2) is 9.10. The summed E-state index contributed by atoms with van der Waals surface area (Å²) >= 11 is 0. The van der Waals surface area contributed by atoms with Gasteiger partial charge in [-0.05, 0) is 36.1 Å². The van der Waals surface area contributed by atoms with Crippen LogP contribution in [0.25, 0.3) is 0 Å². The lowest BCUT2D eigenvalue weighted by molar-refractivity contribution is -0.199. The van der Waals surface area contributed by atoms with Gasteiger partial charge in [-0.3, -0.25) is 14.4 Å². The molecule has 0 fully saturated rings. The fraction of sp³-hybridized carbons (Fsp3) is 0.350. The Kier molecular flexibility index (Phi) is 6.86. The molecule has 1 N–H and O–H groups in total. The number of allylic oxidation sites excluding steroid dienone is 2. The molecule has 0 saturated heterocycles. The molecule has 0 spiro atoms. The summed E-state index contributed by atoms with van der Waals surface area (Å²) in [6.45, 7) is 1.72. The second-order valence-electron chi connectivity index (χ2n) is 6.00. The number of amides is 1. The van der Waals surface area contributed by atoms with Gasteiger partial charge in [0, 0.05) is 27.0 Å². The average Bonchev–Trinajstić information content (AvgIpc) is 2.63. The standard InChI is InChI=1S/C20H23NO5/c1-15(22)26-20(25-2)13-16(11-12-18(20)23)9-6-10-19(24)21-14-17-7-4-3-5-8-17/h3-5,7-8,11-13H,6,9-10,14H2,1-2H3,(H,21,24). The molecule has 26 heavy (non-hydrogen) atoms. The maximum absolute atomic E-state index is 12.0. The van der Waals surface area contributed by atoms with Gasteiger partial charge < -0.3 is 14.8 Å². The predicted molar refractivity (Wildman–Crippen MR) is 95.9 cm³/mol. The number of hydrogen-bond donors (Lipinski definition) is 1. The van der Waals surface area contributed by atoms with Crippen molar-refractivity contribution < 1.29 is 23.9 Å². The molecule has 138 valence electrons. The first-order valence-corrected chi connectivity index (χ1v) is 8.45. The first-order valence-electron chi connectivity index (χ1n) is 8.45. The molecule has 0 bridgehead atoms. The van der Waals surface area contributed by atoms with Crippen molar-refractivity contribution in [3.8, 4) is 0 Å². The summed E-state index contributed by atoms with van der Waals surface area (Å²) in [5, 5.41) is 2.87. The highest BCUT2D eigenvalue weighted by Crippen LogP contribution is 2.26. The number of ether oxygens (including phenoxy) is 2. The van der Waals surface area contributed by atoms with Crippen LogP contribution in [0, 0.1) is 0 Å². The number of ketones is 1. The first-order chi connectivity index (χ1) is 12.4. The van der Waals surface area contributed by atoms with E-state index in [1.165, 1.54) is 26.2 Å². The molecule has 1 atom stereocenters. The fourth-order valence-corrected chi connectivity index (χ4v) is 2.65. The van der Waals surface area contributed by atoms with Crippen LogP contribution in [-0.2, 0) is 30.4 Å². The van der Waals surface area contributed by atoms with Crippen molar-refractivity contribution in [3.05, 3.63) is 59.7 Å². The van der Waals surface area contributed by atoms with Crippen LogP contribution in [0.4, 0.5) is 0 Å². The van der Waals surface area contributed by atoms with Crippen molar-refractivity contribution in [2.75, 3.05) is 7.11 Å². The molecule has 0 aromatic heterocycles. The van der Waals surface area contributed by atoms with Crippen molar-refractivity contribution >= 4 is 17.7 Å². The van der Waals surface area contributed by atoms with E-state index in [0.717, 1.165) is 11.1 Å². The van der Waals surface area contributed by atoms with E-state index in [4.69, 9.17) is 9.47 Å². The minimum atomic E-state index is -1.70. The molecule has 0 aliphatic heterocycles. The molecular formula is C20H23NO5. The van der Waals surface area contributed by atoms with Gasteiger partial charge >= 0.3 is 5.97 Å². The number of rotatable bonds is 8. The van der Waals surface area contributed by atoms with Crippen LogP contribution in [0.15, 0.2) is 54.1 Å². The average molecular weight is 357 g/mol. The predicted octanol–water partition coefficient (Wildman–Crippen LogP) is 2.44. The van der Waals surface area contributed by atoms with Crippen LogP contribution in [0.3, 0.4) is 0 Å². The van der Waals surface area contributed by atoms with E-state index in [2.05, 4.69) is 5.32 Å². The minimum Gasteiger partial charge on any atom is -0.421 e. The summed E-state index contributed by atoms with van der Waals surface area (Å²) in [5.41, 5.74) is 1.83. The highest BCUT2D eigenvalue weighted by Gasteiger charge is 2.40. The Labute approximate surface area is 152 Å². The van der Waals surface area contributed by atoms with Gasteiger partial charge in [0.25, 0.3) is 5.79 Å². The molecule has 1 aliphatic rings. The quantitative estimate of drug-likeness (QED) is 0.571. The number of esters is 1. The minimum absolute atomic E-state index is 0.0386. The number of nitrogens with one attached hydrogen (secondary N) is 1. The first kappa shape index (κ1) is 19.6. The second-order valence-corrected chi connectivity index (χ2v) is 6.00. The molecule has 0 radical (unpaired) electrons. The molecule has 0 heterocycles. The van der Waals surface area contributed by atoms with Crippen molar-refractivity contribution in [2.45, 2.75) is 38.5 Å². The van der Waals surface area contributed by atoms with Gasteiger partial charge in [0.1, 0.15) is 0 Å². The van der Waals surface area contributed by atoms with E-state index in [1.807, 2.05) is 30.3 Å². The van der Waals surface area contributed by atoms with E-state index in [0.29, 0.717) is 25.8 Å². The zero-order valence-corrected chi connectivity index (χ0v) is 15.0. The summed E-state index contributed by atoms with van der Waals surface area (Å²) in [6.07, 6.45) is 6.01. The zero-order chi connectivity index (χ0) is 19.0. The highest BCUT2D eigenvalue weighted by molar-refractivity contribution is 6.00. The molecule has 6 nitrogen and oxygen atoms in total. The maximum atomic E-state index is 12.0. The van der Waals surface area contributed by atoms with Crippen LogP contribution in [0.5, 0.6) is 0 Å². The van der Waals surface area contributed by atoms with Crippen LogP contribution < -0.4 is 5.32 Å². The number of carbonyl (C=O) groups is 3. The molecule has 1 aromatic rings. The van der Waals surface area contributed by atoms with E-state index in [-0.39, 0.29) is 5.91 Å². The number of benzene rings is 1. The summed E-state index contributed by atoms with van der Waals surface area (Å²) in [6, 6.07) is 9.69. The number of hydrogen-bond acceptors (Lipinski definition) is 5. The molecule has 1 amide bonds. The van der Waals surface area contributed by atoms with Crippen molar-refractivity contribution in [1.82, 2.24) is 5.32 Å². The largest absolute Gasteiger partial charge is 0.421 e. The Morgan fingerprint density at radius 3 is 2.54 bits per heavy atom. The van der Waals surface area contributed by atoms with Gasteiger partial charge in [0.05, 0.1) is 0 Å². The Morgan fingerprint density at radius 1 is 1.15 bits per heavy atom. The normalized spacial score (nSPS) is 19.0. The van der Waals surface area contributed by atoms with Crippen LogP contribution in [0.2, 0.25) is 0 Å². The Morgan fingerprint density at radius 2 is 1.88 bits per heavy atom. The van der Waals surface area contributed by atoms with Crippen molar-refractivity contribution in [1.29, 1.82) is 0 Å². The summed E-state index contributed by atoms with van der Waals surface area (Å²) in [7, 11) is 1.31. The zero-order valence-electron chi connectivity index (χ0n) is 15.0. The number of carbonyl (C=O) groups excluding carboxylic acids is 3. The van der Waals surface area contributed by atoms with Gasteiger partial charge in [-0.2, -0.15) is 0 Å². The van der Waals surface area contributed by atoms with E-state index < -0.39 is 17.5 Å². The van der Waals surface area contributed by atoms with E-state index in [1.54, 1.807) is 6.08 Å². The molecule has 2 rings (SSSR count). The monoisotopic (exact) mass is 357 g/mol. The summed E-state index contributed by atoms with van der Waals surface area (Å²) in [5.74, 6) is -2.79. The van der Waals surface area contributed by atoms with Crippen molar-refractivity contribution in [3.63, 3.8) is 0 Å². The smallest absolute Gasteiger partial charge is 0.305 e. The maximum Gasteiger partial charge on any atom is 0.305 e. The third-order valence-electron chi connectivity index (χ3n) is 3.97. The number of methoxy groups -OCH3 is 1. The van der Waals surface area contributed by atoms with Crippen LogP contribution >= 0.6 is 0 Å². The van der Waals surface area contributed by atoms with Crippen LogP contribution in [-0.4, -0.2) is 30.6 Å². The lowest BCUT2D eigenvalue weighted by Crippen LogP contribution is -2.43. The van der Waals surface area contributed by atoms with Crippen molar-refractivity contribution in [2.24, 2.45) is 0 Å². The summed E-state index contributed by atoms with van der Waals surface area (Å²) in [4.78, 5) is 35.2. The molecule has 6 heteroatoms. The Bertz CT molecular complexity index is 723. The lowest BCUT2D eigenvalue weighted by Gasteiger charge is -2.28. The topological polar surface area (TPSA) is 81.7 Å².